The number of benzene rings is 1. The van der Waals surface area contributed by atoms with Crippen molar-refractivity contribution in [2.24, 2.45) is 5.41 Å². The summed E-state index contributed by atoms with van der Waals surface area (Å²) in [5.74, 6) is -0.712. The van der Waals surface area contributed by atoms with Gasteiger partial charge in [-0.3, -0.25) is 9.69 Å². The Kier molecular flexibility index (Phi) is 5.35. The zero-order chi connectivity index (χ0) is 13.6. The summed E-state index contributed by atoms with van der Waals surface area (Å²) in [6, 6.07) is 10.2. The molecule has 1 N–H and O–H groups in total. The monoisotopic (exact) mass is 249 g/mol. The van der Waals surface area contributed by atoms with Crippen LogP contribution in [-0.2, 0) is 11.3 Å². The lowest BCUT2D eigenvalue weighted by Crippen LogP contribution is -2.40. The number of rotatable bonds is 7. The molecular weight excluding hydrogens is 226 g/mol. The highest BCUT2D eigenvalue weighted by Crippen LogP contribution is 2.23. The molecule has 0 heterocycles. The average Bonchev–Trinajstić information content (AvgIpc) is 2.38. The topological polar surface area (TPSA) is 40.5 Å². The molecule has 100 valence electrons. The summed E-state index contributed by atoms with van der Waals surface area (Å²) < 4.78 is 0. The summed E-state index contributed by atoms with van der Waals surface area (Å²) in [6.07, 6.45) is 0.646. The molecule has 1 atom stereocenters. The molecule has 1 rings (SSSR count). The molecule has 18 heavy (non-hydrogen) atoms. The summed E-state index contributed by atoms with van der Waals surface area (Å²) in [6.45, 7) is 8.08. The van der Waals surface area contributed by atoms with Gasteiger partial charge in [0.2, 0.25) is 0 Å². The van der Waals surface area contributed by atoms with Crippen LogP contribution in [0.5, 0.6) is 0 Å². The van der Waals surface area contributed by atoms with Crippen LogP contribution in [0.2, 0.25) is 0 Å². The Labute approximate surface area is 109 Å². The van der Waals surface area contributed by atoms with Crippen molar-refractivity contribution in [2.45, 2.75) is 33.7 Å². The normalized spacial score (nSPS) is 14.4. The van der Waals surface area contributed by atoms with E-state index in [1.54, 1.807) is 0 Å². The Morgan fingerprint density at radius 3 is 2.33 bits per heavy atom. The SMILES string of the molecule is CCN(Cc1ccccc1)CC(C)(CC)C(=O)O. The van der Waals surface area contributed by atoms with Gasteiger partial charge in [0.05, 0.1) is 5.41 Å². The fourth-order valence-electron chi connectivity index (χ4n) is 1.95. The molecule has 1 aromatic carbocycles. The molecule has 0 aliphatic heterocycles. The molecule has 0 saturated heterocycles. The van der Waals surface area contributed by atoms with Crippen LogP contribution in [0.3, 0.4) is 0 Å². The van der Waals surface area contributed by atoms with Gasteiger partial charge in [-0.25, -0.2) is 0 Å². The van der Waals surface area contributed by atoms with E-state index >= 15 is 0 Å². The zero-order valence-corrected chi connectivity index (χ0v) is 11.5. The Morgan fingerprint density at radius 2 is 1.89 bits per heavy atom. The maximum absolute atomic E-state index is 11.3. The van der Waals surface area contributed by atoms with Gasteiger partial charge in [0.1, 0.15) is 0 Å². The maximum Gasteiger partial charge on any atom is 0.310 e. The third kappa shape index (κ3) is 3.84. The van der Waals surface area contributed by atoms with E-state index in [0.717, 1.165) is 13.1 Å². The van der Waals surface area contributed by atoms with Crippen molar-refractivity contribution in [3.63, 3.8) is 0 Å². The lowest BCUT2D eigenvalue weighted by Gasteiger charge is -2.31. The van der Waals surface area contributed by atoms with Gasteiger partial charge in [-0.05, 0) is 25.5 Å². The van der Waals surface area contributed by atoms with E-state index in [1.165, 1.54) is 5.56 Å². The quantitative estimate of drug-likeness (QED) is 0.807. The second-order valence-electron chi connectivity index (χ2n) is 5.01. The first kappa shape index (κ1) is 14.7. The first-order valence-corrected chi connectivity index (χ1v) is 6.51. The molecule has 0 spiro atoms. The third-order valence-electron chi connectivity index (χ3n) is 3.57. The molecule has 0 aromatic heterocycles. The van der Waals surface area contributed by atoms with E-state index in [9.17, 15) is 9.90 Å². The molecule has 0 aliphatic rings. The van der Waals surface area contributed by atoms with Crippen molar-refractivity contribution in [3.8, 4) is 0 Å². The highest BCUT2D eigenvalue weighted by Gasteiger charge is 2.32. The van der Waals surface area contributed by atoms with Crippen molar-refractivity contribution in [1.29, 1.82) is 0 Å². The van der Waals surface area contributed by atoms with Crippen LogP contribution in [0.25, 0.3) is 0 Å². The molecular formula is C15H23NO2. The molecule has 0 amide bonds. The number of hydrogen-bond donors (Lipinski definition) is 1. The maximum atomic E-state index is 11.3. The summed E-state index contributed by atoms with van der Waals surface area (Å²) in [5, 5.41) is 9.32. The Hall–Kier alpha value is -1.35. The highest BCUT2D eigenvalue weighted by atomic mass is 16.4. The van der Waals surface area contributed by atoms with Crippen LogP contribution in [0, 0.1) is 5.41 Å². The van der Waals surface area contributed by atoms with Crippen LogP contribution in [0.15, 0.2) is 30.3 Å². The van der Waals surface area contributed by atoms with Crippen LogP contribution in [0.1, 0.15) is 32.8 Å². The number of carboxylic acids is 1. The number of nitrogens with zero attached hydrogens (tertiary/aromatic N) is 1. The van der Waals surface area contributed by atoms with Crippen molar-refractivity contribution in [3.05, 3.63) is 35.9 Å². The molecule has 0 fully saturated rings. The molecule has 0 aliphatic carbocycles. The Balaban J connectivity index is 2.70. The Bertz CT molecular complexity index is 377. The van der Waals surface area contributed by atoms with Crippen molar-refractivity contribution in [2.75, 3.05) is 13.1 Å². The van der Waals surface area contributed by atoms with Gasteiger partial charge in [-0.1, -0.05) is 44.2 Å². The molecule has 0 bridgehead atoms. The highest BCUT2D eigenvalue weighted by molar-refractivity contribution is 5.74. The van der Waals surface area contributed by atoms with Gasteiger partial charge in [-0.15, -0.1) is 0 Å². The van der Waals surface area contributed by atoms with Gasteiger partial charge >= 0.3 is 5.97 Å². The lowest BCUT2D eigenvalue weighted by atomic mass is 9.87. The summed E-state index contributed by atoms with van der Waals surface area (Å²) in [5.41, 5.74) is 0.563. The third-order valence-corrected chi connectivity index (χ3v) is 3.57. The first-order chi connectivity index (χ1) is 8.51. The van der Waals surface area contributed by atoms with Crippen LogP contribution in [0.4, 0.5) is 0 Å². The minimum Gasteiger partial charge on any atom is -0.481 e. The molecule has 0 radical (unpaired) electrons. The second kappa shape index (κ2) is 6.55. The number of carbonyl (C=O) groups is 1. The summed E-state index contributed by atoms with van der Waals surface area (Å²) in [7, 11) is 0. The zero-order valence-electron chi connectivity index (χ0n) is 11.5. The smallest absolute Gasteiger partial charge is 0.310 e. The van der Waals surface area contributed by atoms with Crippen molar-refractivity contribution < 1.29 is 9.90 Å². The minimum atomic E-state index is -0.712. The summed E-state index contributed by atoms with van der Waals surface area (Å²) in [4.78, 5) is 13.5. The van der Waals surface area contributed by atoms with E-state index in [2.05, 4.69) is 24.0 Å². The van der Waals surface area contributed by atoms with E-state index in [0.29, 0.717) is 13.0 Å². The van der Waals surface area contributed by atoms with Crippen LogP contribution < -0.4 is 0 Å². The minimum absolute atomic E-state index is 0.588. The standard InChI is InChI=1S/C15H23NO2/c1-4-15(3,14(17)18)12-16(5-2)11-13-9-7-6-8-10-13/h6-10H,4-5,11-12H2,1-3H3,(H,17,18). The number of carboxylic acid groups (broad SMARTS) is 1. The van der Waals surface area contributed by atoms with Gasteiger partial charge in [0.25, 0.3) is 0 Å². The van der Waals surface area contributed by atoms with Crippen LogP contribution in [-0.4, -0.2) is 29.1 Å². The fourth-order valence-corrected chi connectivity index (χ4v) is 1.95. The lowest BCUT2D eigenvalue weighted by molar-refractivity contribution is -0.149. The number of aliphatic carboxylic acids is 1. The van der Waals surface area contributed by atoms with Gasteiger partial charge in [0.15, 0.2) is 0 Å². The second-order valence-corrected chi connectivity index (χ2v) is 5.01. The predicted molar refractivity (Wildman–Crippen MR) is 73.4 cm³/mol. The van der Waals surface area contributed by atoms with E-state index in [1.807, 2.05) is 32.0 Å². The van der Waals surface area contributed by atoms with E-state index in [4.69, 9.17) is 0 Å². The van der Waals surface area contributed by atoms with Crippen LogP contribution >= 0.6 is 0 Å². The van der Waals surface area contributed by atoms with E-state index in [-0.39, 0.29) is 0 Å². The van der Waals surface area contributed by atoms with Gasteiger partial charge in [-0.2, -0.15) is 0 Å². The van der Waals surface area contributed by atoms with Crippen molar-refractivity contribution >= 4 is 5.97 Å². The Morgan fingerprint density at radius 1 is 1.28 bits per heavy atom. The van der Waals surface area contributed by atoms with Gasteiger partial charge < -0.3 is 5.11 Å². The molecule has 3 heteroatoms. The largest absolute Gasteiger partial charge is 0.481 e. The molecule has 1 unspecified atom stereocenters. The molecule has 1 aromatic rings. The predicted octanol–water partition coefficient (Wildman–Crippen LogP) is 3.01. The first-order valence-electron chi connectivity index (χ1n) is 6.51. The average molecular weight is 249 g/mol. The van der Waals surface area contributed by atoms with E-state index < -0.39 is 11.4 Å². The van der Waals surface area contributed by atoms with Crippen molar-refractivity contribution in [1.82, 2.24) is 4.90 Å². The molecule has 0 saturated carbocycles. The summed E-state index contributed by atoms with van der Waals surface area (Å²) >= 11 is 0. The van der Waals surface area contributed by atoms with Gasteiger partial charge in [0, 0.05) is 13.1 Å². The molecule has 3 nitrogen and oxygen atoms in total. The fraction of sp³-hybridized carbons (Fsp3) is 0.533. The number of hydrogen-bond acceptors (Lipinski definition) is 2.